The maximum Gasteiger partial charge on any atom is 0.236 e. The van der Waals surface area contributed by atoms with Crippen LogP contribution in [0.4, 0.5) is 0 Å². The average molecular weight is 358 g/mol. The van der Waals surface area contributed by atoms with Crippen molar-refractivity contribution in [1.29, 1.82) is 0 Å². The SMILES string of the molecule is COc1cc(C=NN=C2NC(=O)CS2)cc(OC)c1Br. The first-order valence-electron chi connectivity index (χ1n) is 5.59. The molecule has 0 spiro atoms. The molecule has 1 aliphatic rings. The molecule has 0 radical (unpaired) electrons. The molecule has 0 unspecified atom stereocenters. The van der Waals surface area contributed by atoms with Crippen molar-refractivity contribution in [3.05, 3.63) is 22.2 Å². The summed E-state index contributed by atoms with van der Waals surface area (Å²) in [6, 6.07) is 3.60. The number of nitrogens with one attached hydrogen (secondary N) is 1. The van der Waals surface area contributed by atoms with E-state index in [0.29, 0.717) is 22.4 Å². The highest BCUT2D eigenvalue weighted by molar-refractivity contribution is 9.10. The molecular formula is C12H12BrN3O3S. The molecule has 0 aliphatic carbocycles. The van der Waals surface area contributed by atoms with Gasteiger partial charge in [-0.3, -0.25) is 4.79 Å². The minimum absolute atomic E-state index is 0.0593. The molecule has 1 aromatic rings. The van der Waals surface area contributed by atoms with Crippen molar-refractivity contribution in [2.75, 3.05) is 20.0 Å². The number of benzene rings is 1. The molecule has 20 heavy (non-hydrogen) atoms. The fraction of sp³-hybridized carbons (Fsp3) is 0.250. The molecule has 106 valence electrons. The Morgan fingerprint density at radius 1 is 1.35 bits per heavy atom. The van der Waals surface area contributed by atoms with Crippen LogP contribution in [0.5, 0.6) is 11.5 Å². The summed E-state index contributed by atoms with van der Waals surface area (Å²) in [4.78, 5) is 11.0. The maximum absolute atomic E-state index is 11.0. The van der Waals surface area contributed by atoms with Gasteiger partial charge in [-0.1, -0.05) is 11.8 Å². The Bertz CT molecular complexity index is 564. The molecular weight excluding hydrogens is 346 g/mol. The van der Waals surface area contributed by atoms with Crippen LogP contribution in [0.15, 0.2) is 26.8 Å². The first-order valence-corrected chi connectivity index (χ1v) is 7.37. The van der Waals surface area contributed by atoms with Gasteiger partial charge in [0.2, 0.25) is 5.91 Å². The zero-order chi connectivity index (χ0) is 14.5. The Morgan fingerprint density at radius 3 is 2.50 bits per heavy atom. The second kappa shape index (κ2) is 6.76. The number of nitrogens with zero attached hydrogens (tertiary/aromatic N) is 2. The Morgan fingerprint density at radius 2 is 2.00 bits per heavy atom. The van der Waals surface area contributed by atoms with Crippen molar-refractivity contribution in [2.45, 2.75) is 0 Å². The van der Waals surface area contributed by atoms with Gasteiger partial charge in [-0.25, -0.2) is 0 Å². The number of hydrogen-bond donors (Lipinski definition) is 1. The number of halogens is 1. The normalized spacial score (nSPS) is 16.8. The predicted octanol–water partition coefficient (Wildman–Crippen LogP) is 2.02. The molecule has 1 N–H and O–H groups in total. The van der Waals surface area contributed by atoms with Gasteiger partial charge < -0.3 is 14.8 Å². The number of amidine groups is 1. The summed E-state index contributed by atoms with van der Waals surface area (Å²) < 4.78 is 11.2. The number of carbonyl (C=O) groups excluding carboxylic acids is 1. The van der Waals surface area contributed by atoms with Crippen molar-refractivity contribution in [3.8, 4) is 11.5 Å². The van der Waals surface area contributed by atoms with Crippen molar-refractivity contribution >= 4 is 45.0 Å². The Hall–Kier alpha value is -1.54. The fourth-order valence-corrected chi connectivity index (χ4v) is 2.67. The van der Waals surface area contributed by atoms with Crippen molar-refractivity contribution < 1.29 is 14.3 Å². The van der Waals surface area contributed by atoms with Crippen LogP contribution < -0.4 is 14.8 Å². The topological polar surface area (TPSA) is 72.3 Å². The Kier molecular flexibility index (Phi) is 5.02. The number of ether oxygens (including phenoxy) is 2. The van der Waals surface area contributed by atoms with E-state index in [4.69, 9.17) is 9.47 Å². The minimum atomic E-state index is -0.0593. The van der Waals surface area contributed by atoms with Crippen LogP contribution in [0.1, 0.15) is 5.56 Å². The largest absolute Gasteiger partial charge is 0.495 e. The summed E-state index contributed by atoms with van der Waals surface area (Å²) >= 11 is 4.71. The average Bonchev–Trinajstić information content (AvgIpc) is 2.86. The summed E-state index contributed by atoms with van der Waals surface area (Å²) in [5.41, 5.74) is 0.778. The second-order valence-electron chi connectivity index (χ2n) is 3.73. The van der Waals surface area contributed by atoms with E-state index in [1.807, 2.05) is 0 Å². The molecule has 1 aliphatic heterocycles. The molecule has 1 aromatic carbocycles. The molecule has 1 amide bonds. The second-order valence-corrected chi connectivity index (χ2v) is 5.48. The van der Waals surface area contributed by atoms with Crippen LogP contribution in [-0.4, -0.2) is 37.3 Å². The van der Waals surface area contributed by atoms with Gasteiger partial charge in [0.1, 0.15) is 16.0 Å². The lowest BCUT2D eigenvalue weighted by Gasteiger charge is -2.09. The van der Waals surface area contributed by atoms with E-state index in [0.717, 1.165) is 10.0 Å². The molecule has 1 heterocycles. The number of thioether (sulfide) groups is 1. The monoisotopic (exact) mass is 357 g/mol. The van der Waals surface area contributed by atoms with E-state index in [9.17, 15) is 4.79 Å². The Labute approximate surface area is 128 Å². The van der Waals surface area contributed by atoms with Gasteiger partial charge in [-0.05, 0) is 28.1 Å². The van der Waals surface area contributed by atoms with Gasteiger partial charge in [-0.2, -0.15) is 5.10 Å². The third kappa shape index (κ3) is 3.51. The van der Waals surface area contributed by atoms with Crippen LogP contribution in [0.3, 0.4) is 0 Å². The maximum atomic E-state index is 11.0. The lowest BCUT2D eigenvalue weighted by Crippen LogP contribution is -2.19. The minimum Gasteiger partial charge on any atom is -0.495 e. The Balaban J connectivity index is 2.18. The van der Waals surface area contributed by atoms with E-state index >= 15 is 0 Å². The summed E-state index contributed by atoms with van der Waals surface area (Å²) in [7, 11) is 3.15. The molecule has 8 heteroatoms. The van der Waals surface area contributed by atoms with E-state index in [-0.39, 0.29) is 5.91 Å². The molecule has 6 nitrogen and oxygen atoms in total. The molecule has 1 fully saturated rings. The third-order valence-corrected chi connectivity index (χ3v) is 4.05. The lowest BCUT2D eigenvalue weighted by atomic mass is 10.2. The van der Waals surface area contributed by atoms with Gasteiger partial charge in [0.15, 0.2) is 5.17 Å². The quantitative estimate of drug-likeness (QED) is 0.660. The number of methoxy groups -OCH3 is 2. The highest BCUT2D eigenvalue weighted by Crippen LogP contribution is 2.35. The van der Waals surface area contributed by atoms with Crippen LogP contribution in [0.25, 0.3) is 0 Å². The zero-order valence-electron chi connectivity index (χ0n) is 10.8. The van der Waals surface area contributed by atoms with Gasteiger partial charge >= 0.3 is 0 Å². The van der Waals surface area contributed by atoms with Crippen molar-refractivity contribution in [3.63, 3.8) is 0 Å². The number of rotatable bonds is 4. The van der Waals surface area contributed by atoms with E-state index < -0.39 is 0 Å². The van der Waals surface area contributed by atoms with Crippen LogP contribution in [0, 0.1) is 0 Å². The number of carbonyl (C=O) groups is 1. The number of amides is 1. The number of hydrogen-bond acceptors (Lipinski definition) is 6. The standard InChI is InChI=1S/C12H12BrN3O3S/c1-18-8-3-7(4-9(19-2)11(8)13)5-14-16-12-15-10(17)6-20-12/h3-5H,6H2,1-2H3,(H,15,16,17). The van der Waals surface area contributed by atoms with Crippen LogP contribution in [0.2, 0.25) is 0 Å². The summed E-state index contributed by atoms with van der Waals surface area (Å²) in [6.07, 6.45) is 1.56. The van der Waals surface area contributed by atoms with Gasteiger partial charge in [-0.15, -0.1) is 5.10 Å². The van der Waals surface area contributed by atoms with Gasteiger partial charge in [0.25, 0.3) is 0 Å². The van der Waals surface area contributed by atoms with E-state index in [1.165, 1.54) is 11.8 Å². The van der Waals surface area contributed by atoms with Gasteiger partial charge in [0, 0.05) is 5.56 Å². The van der Waals surface area contributed by atoms with Crippen molar-refractivity contribution in [2.24, 2.45) is 10.2 Å². The lowest BCUT2D eigenvalue weighted by molar-refractivity contribution is -0.116. The van der Waals surface area contributed by atoms with Crippen molar-refractivity contribution in [1.82, 2.24) is 5.32 Å². The predicted molar refractivity (Wildman–Crippen MR) is 82.9 cm³/mol. The van der Waals surface area contributed by atoms with E-state index in [2.05, 4.69) is 31.4 Å². The molecule has 0 bridgehead atoms. The summed E-state index contributed by atoms with van der Waals surface area (Å²) in [6.45, 7) is 0. The summed E-state index contributed by atoms with van der Waals surface area (Å²) in [5, 5.41) is 11.0. The summed E-state index contributed by atoms with van der Waals surface area (Å²) in [5.74, 6) is 1.61. The molecule has 0 atom stereocenters. The smallest absolute Gasteiger partial charge is 0.236 e. The highest BCUT2D eigenvalue weighted by atomic mass is 79.9. The first-order chi connectivity index (χ1) is 9.63. The van der Waals surface area contributed by atoms with Gasteiger partial charge in [0.05, 0.1) is 26.2 Å². The zero-order valence-corrected chi connectivity index (χ0v) is 13.2. The fourth-order valence-electron chi connectivity index (χ4n) is 1.49. The van der Waals surface area contributed by atoms with E-state index in [1.54, 1.807) is 32.6 Å². The van der Waals surface area contributed by atoms with Crippen LogP contribution >= 0.6 is 27.7 Å². The molecule has 0 saturated carbocycles. The third-order valence-electron chi connectivity index (χ3n) is 2.41. The molecule has 0 aromatic heterocycles. The van der Waals surface area contributed by atoms with Crippen LogP contribution in [-0.2, 0) is 4.79 Å². The highest BCUT2D eigenvalue weighted by Gasteiger charge is 2.16. The first kappa shape index (κ1) is 14.9. The molecule has 2 rings (SSSR count). The molecule has 1 saturated heterocycles.